The molecule has 0 unspecified atom stereocenters. The van der Waals surface area contributed by atoms with Crippen LogP contribution in [0.15, 0.2) is 59.5 Å². The molecule has 1 heterocycles. The van der Waals surface area contributed by atoms with Crippen LogP contribution in [0, 0.1) is 0 Å². The van der Waals surface area contributed by atoms with Crippen molar-refractivity contribution in [3.05, 3.63) is 65.7 Å². The number of rotatable bonds is 10. The van der Waals surface area contributed by atoms with Crippen LogP contribution < -0.4 is 10.6 Å². The van der Waals surface area contributed by atoms with Gasteiger partial charge >= 0.3 is 6.03 Å². The summed E-state index contributed by atoms with van der Waals surface area (Å²) in [5.41, 5.74) is 2.13. The van der Waals surface area contributed by atoms with Crippen molar-refractivity contribution in [1.29, 1.82) is 0 Å². The molecule has 2 aromatic carbocycles. The van der Waals surface area contributed by atoms with E-state index in [2.05, 4.69) is 34.7 Å². The SMILES string of the molecule is CN(CCCNC(=O)NCc1ccc(S(=O)(=O)N2CCCCC2)cc1)Cc1ccccc1. The van der Waals surface area contributed by atoms with E-state index >= 15 is 0 Å². The van der Waals surface area contributed by atoms with Gasteiger partial charge in [-0.25, -0.2) is 13.2 Å². The van der Waals surface area contributed by atoms with Crippen LogP contribution in [0.25, 0.3) is 0 Å². The molecule has 1 saturated heterocycles. The third-order valence-corrected chi connectivity index (χ3v) is 7.54. The van der Waals surface area contributed by atoms with Crippen molar-refractivity contribution in [2.75, 3.05) is 33.2 Å². The minimum Gasteiger partial charge on any atom is -0.338 e. The van der Waals surface area contributed by atoms with Crippen LogP contribution in [0.1, 0.15) is 36.8 Å². The molecular formula is C24H34N4O3S. The van der Waals surface area contributed by atoms with Gasteiger partial charge in [-0.15, -0.1) is 0 Å². The van der Waals surface area contributed by atoms with Crippen LogP contribution in [-0.4, -0.2) is 56.9 Å². The largest absolute Gasteiger partial charge is 0.338 e. The van der Waals surface area contributed by atoms with Gasteiger partial charge in [0.15, 0.2) is 0 Å². The molecular weight excluding hydrogens is 424 g/mol. The van der Waals surface area contributed by atoms with Crippen molar-refractivity contribution in [1.82, 2.24) is 19.8 Å². The quantitative estimate of drug-likeness (QED) is 0.536. The molecule has 0 saturated carbocycles. The maximum absolute atomic E-state index is 12.7. The Balaban J connectivity index is 1.35. The minimum absolute atomic E-state index is 0.222. The molecule has 32 heavy (non-hydrogen) atoms. The summed E-state index contributed by atoms with van der Waals surface area (Å²) in [5.74, 6) is 0. The summed E-state index contributed by atoms with van der Waals surface area (Å²) in [6.45, 7) is 3.90. The van der Waals surface area contributed by atoms with Crippen molar-refractivity contribution in [3.63, 3.8) is 0 Å². The molecule has 0 spiro atoms. The van der Waals surface area contributed by atoms with Gasteiger partial charge in [0.2, 0.25) is 10.0 Å². The molecule has 2 amide bonds. The van der Waals surface area contributed by atoms with E-state index in [9.17, 15) is 13.2 Å². The highest BCUT2D eigenvalue weighted by Gasteiger charge is 2.25. The maximum Gasteiger partial charge on any atom is 0.315 e. The highest BCUT2D eigenvalue weighted by molar-refractivity contribution is 7.89. The summed E-state index contributed by atoms with van der Waals surface area (Å²) in [6, 6.07) is 16.9. The second-order valence-electron chi connectivity index (χ2n) is 8.30. The summed E-state index contributed by atoms with van der Waals surface area (Å²) < 4.78 is 27.0. The Bertz CT molecular complexity index is 943. The number of amides is 2. The Labute approximate surface area is 191 Å². The molecule has 174 valence electrons. The smallest absolute Gasteiger partial charge is 0.315 e. The minimum atomic E-state index is -3.42. The molecule has 0 radical (unpaired) electrons. The number of urea groups is 1. The second kappa shape index (κ2) is 12.0. The van der Waals surface area contributed by atoms with Crippen LogP contribution >= 0.6 is 0 Å². The number of piperidine rings is 1. The van der Waals surface area contributed by atoms with E-state index in [4.69, 9.17) is 0 Å². The van der Waals surface area contributed by atoms with Gasteiger partial charge < -0.3 is 15.5 Å². The molecule has 8 heteroatoms. The van der Waals surface area contributed by atoms with E-state index in [-0.39, 0.29) is 6.03 Å². The summed E-state index contributed by atoms with van der Waals surface area (Å²) in [4.78, 5) is 14.6. The first-order valence-corrected chi connectivity index (χ1v) is 12.7. The highest BCUT2D eigenvalue weighted by Crippen LogP contribution is 2.20. The van der Waals surface area contributed by atoms with Crippen molar-refractivity contribution in [3.8, 4) is 0 Å². The number of sulfonamides is 1. The predicted octanol–water partition coefficient (Wildman–Crippen LogP) is 3.18. The van der Waals surface area contributed by atoms with Crippen molar-refractivity contribution >= 4 is 16.1 Å². The number of carbonyl (C=O) groups excluding carboxylic acids is 1. The van der Waals surface area contributed by atoms with Crippen LogP contribution in [0.3, 0.4) is 0 Å². The van der Waals surface area contributed by atoms with Crippen LogP contribution in [0.5, 0.6) is 0 Å². The lowest BCUT2D eigenvalue weighted by atomic mass is 10.2. The lowest BCUT2D eigenvalue weighted by molar-refractivity contribution is 0.239. The lowest BCUT2D eigenvalue weighted by Gasteiger charge is -2.25. The Kier molecular flexibility index (Phi) is 9.08. The first kappa shape index (κ1) is 24.2. The highest BCUT2D eigenvalue weighted by atomic mass is 32.2. The first-order valence-electron chi connectivity index (χ1n) is 11.3. The normalized spacial score (nSPS) is 14.9. The Morgan fingerprint density at radius 3 is 2.31 bits per heavy atom. The van der Waals surface area contributed by atoms with E-state index in [1.807, 2.05) is 18.2 Å². The van der Waals surface area contributed by atoms with E-state index in [1.54, 1.807) is 28.6 Å². The molecule has 7 nitrogen and oxygen atoms in total. The third kappa shape index (κ3) is 7.32. The first-order chi connectivity index (χ1) is 15.4. The van der Waals surface area contributed by atoms with Gasteiger partial charge in [0.1, 0.15) is 0 Å². The molecule has 0 aromatic heterocycles. The van der Waals surface area contributed by atoms with Gasteiger partial charge in [-0.3, -0.25) is 0 Å². The molecule has 0 aliphatic carbocycles. The molecule has 2 aromatic rings. The molecule has 0 bridgehead atoms. The summed E-state index contributed by atoms with van der Waals surface area (Å²) in [6.07, 6.45) is 3.78. The second-order valence-corrected chi connectivity index (χ2v) is 10.2. The maximum atomic E-state index is 12.7. The molecule has 2 N–H and O–H groups in total. The zero-order valence-electron chi connectivity index (χ0n) is 18.8. The number of nitrogens with one attached hydrogen (secondary N) is 2. The zero-order valence-corrected chi connectivity index (χ0v) is 19.6. The Hall–Kier alpha value is -2.42. The van der Waals surface area contributed by atoms with Crippen LogP contribution in [-0.2, 0) is 23.1 Å². The fraction of sp³-hybridized carbons (Fsp3) is 0.458. The average molecular weight is 459 g/mol. The monoisotopic (exact) mass is 458 g/mol. The van der Waals surface area contributed by atoms with Gasteiger partial charge in [0.25, 0.3) is 0 Å². The molecule has 1 fully saturated rings. The molecule has 3 rings (SSSR count). The van der Waals surface area contributed by atoms with Crippen LogP contribution in [0.4, 0.5) is 4.79 Å². The number of nitrogens with zero attached hydrogens (tertiary/aromatic N) is 2. The molecule has 1 aliphatic heterocycles. The average Bonchev–Trinajstić information content (AvgIpc) is 2.82. The molecule has 1 aliphatic rings. The van der Waals surface area contributed by atoms with E-state index < -0.39 is 10.0 Å². The van der Waals surface area contributed by atoms with Crippen LogP contribution in [0.2, 0.25) is 0 Å². The van der Waals surface area contributed by atoms with E-state index in [0.29, 0.717) is 31.1 Å². The van der Waals surface area contributed by atoms with E-state index in [1.165, 1.54) is 5.56 Å². The van der Waals surface area contributed by atoms with Crippen molar-refractivity contribution in [2.45, 2.75) is 43.7 Å². The number of carbonyl (C=O) groups is 1. The van der Waals surface area contributed by atoms with Gasteiger partial charge in [0.05, 0.1) is 4.90 Å². The zero-order chi connectivity index (χ0) is 22.8. The fourth-order valence-corrected chi connectivity index (χ4v) is 5.32. The topological polar surface area (TPSA) is 81.8 Å². The van der Waals surface area contributed by atoms with Gasteiger partial charge in [-0.1, -0.05) is 48.9 Å². The number of hydrogen-bond donors (Lipinski definition) is 2. The van der Waals surface area contributed by atoms with Gasteiger partial charge in [0, 0.05) is 32.7 Å². The van der Waals surface area contributed by atoms with Crippen molar-refractivity contribution in [2.24, 2.45) is 0 Å². The summed E-state index contributed by atoms with van der Waals surface area (Å²) in [7, 11) is -1.35. The van der Waals surface area contributed by atoms with Gasteiger partial charge in [-0.2, -0.15) is 4.31 Å². The summed E-state index contributed by atoms with van der Waals surface area (Å²) >= 11 is 0. The van der Waals surface area contributed by atoms with E-state index in [0.717, 1.165) is 44.3 Å². The summed E-state index contributed by atoms with van der Waals surface area (Å²) in [5, 5.41) is 5.70. The number of hydrogen-bond acceptors (Lipinski definition) is 4. The Morgan fingerprint density at radius 1 is 0.938 bits per heavy atom. The number of benzene rings is 2. The van der Waals surface area contributed by atoms with Gasteiger partial charge in [-0.05, 0) is 56.1 Å². The van der Waals surface area contributed by atoms with Crippen molar-refractivity contribution < 1.29 is 13.2 Å². The fourth-order valence-electron chi connectivity index (χ4n) is 3.80. The molecule has 0 atom stereocenters. The standard InChI is InChI=1S/C24H34N4O3S/c1-27(20-22-9-4-2-5-10-22)16-8-15-25-24(29)26-19-21-11-13-23(14-12-21)32(30,31)28-17-6-3-7-18-28/h2,4-5,9-14H,3,6-8,15-20H2,1H3,(H2,25,26,29). The Morgan fingerprint density at radius 2 is 1.62 bits per heavy atom. The third-order valence-electron chi connectivity index (χ3n) is 5.63. The lowest BCUT2D eigenvalue weighted by Crippen LogP contribution is -2.36. The predicted molar refractivity (Wildman–Crippen MR) is 127 cm³/mol.